The van der Waals surface area contributed by atoms with E-state index in [-0.39, 0.29) is 5.92 Å². The number of hydrogen-bond donors (Lipinski definition) is 1. The first-order valence-corrected chi connectivity index (χ1v) is 7.06. The Labute approximate surface area is 112 Å². The maximum atomic E-state index is 13.4. The Hall–Kier alpha value is -1.00. The summed E-state index contributed by atoms with van der Waals surface area (Å²) >= 11 is 0. The predicted octanol–water partition coefficient (Wildman–Crippen LogP) is 2.35. The summed E-state index contributed by atoms with van der Waals surface area (Å²) in [6.45, 7) is 3.90. The van der Waals surface area contributed by atoms with Crippen molar-refractivity contribution >= 4 is 0 Å². The summed E-state index contributed by atoms with van der Waals surface area (Å²) in [6, 6.07) is 4.23. The largest absolute Gasteiger partial charge is 0.330 e. The SMILES string of the molecule is NCC(c1ccc(F)c(F)c1)C1CN2CCC1CC2. The quantitative estimate of drug-likeness (QED) is 0.910. The molecule has 0 spiro atoms. The zero-order valence-corrected chi connectivity index (χ0v) is 11.0. The Morgan fingerprint density at radius 3 is 2.47 bits per heavy atom. The van der Waals surface area contributed by atoms with Crippen LogP contribution in [0.2, 0.25) is 0 Å². The van der Waals surface area contributed by atoms with E-state index in [2.05, 4.69) is 4.90 Å². The smallest absolute Gasteiger partial charge is 0.159 e. The molecule has 2 unspecified atom stereocenters. The monoisotopic (exact) mass is 266 g/mol. The highest BCUT2D eigenvalue weighted by molar-refractivity contribution is 5.24. The van der Waals surface area contributed by atoms with Gasteiger partial charge >= 0.3 is 0 Å². The lowest BCUT2D eigenvalue weighted by Gasteiger charge is -2.47. The molecule has 19 heavy (non-hydrogen) atoms. The van der Waals surface area contributed by atoms with E-state index in [1.807, 2.05) is 0 Å². The average molecular weight is 266 g/mol. The predicted molar refractivity (Wildman–Crippen MR) is 70.8 cm³/mol. The van der Waals surface area contributed by atoms with Crippen LogP contribution in [0.25, 0.3) is 0 Å². The molecule has 2 atom stereocenters. The Morgan fingerprint density at radius 1 is 1.21 bits per heavy atom. The molecule has 3 saturated heterocycles. The van der Waals surface area contributed by atoms with Crippen LogP contribution in [0.4, 0.5) is 8.78 Å². The molecule has 2 bridgehead atoms. The van der Waals surface area contributed by atoms with Crippen molar-refractivity contribution < 1.29 is 8.78 Å². The second-order valence-corrected chi connectivity index (χ2v) is 5.82. The van der Waals surface area contributed by atoms with Crippen LogP contribution >= 0.6 is 0 Å². The van der Waals surface area contributed by atoms with Gasteiger partial charge in [-0.2, -0.15) is 0 Å². The lowest BCUT2D eigenvalue weighted by Crippen LogP contribution is -2.50. The second kappa shape index (κ2) is 5.17. The van der Waals surface area contributed by atoms with Crippen LogP contribution in [-0.2, 0) is 0 Å². The van der Waals surface area contributed by atoms with Crippen molar-refractivity contribution in [3.8, 4) is 0 Å². The summed E-state index contributed by atoms with van der Waals surface area (Å²) < 4.78 is 26.4. The van der Waals surface area contributed by atoms with Crippen LogP contribution in [0.5, 0.6) is 0 Å². The van der Waals surface area contributed by atoms with Crippen LogP contribution < -0.4 is 5.73 Å². The summed E-state index contributed by atoms with van der Waals surface area (Å²) in [5.41, 5.74) is 6.77. The van der Waals surface area contributed by atoms with Crippen molar-refractivity contribution in [3.63, 3.8) is 0 Å². The highest BCUT2D eigenvalue weighted by Crippen LogP contribution is 2.40. The molecule has 0 amide bonds. The normalized spacial score (nSPS) is 31.4. The molecule has 0 radical (unpaired) electrons. The second-order valence-electron chi connectivity index (χ2n) is 5.82. The van der Waals surface area contributed by atoms with E-state index in [0.717, 1.165) is 12.1 Å². The first-order chi connectivity index (χ1) is 9.19. The van der Waals surface area contributed by atoms with Gasteiger partial charge in [-0.25, -0.2) is 8.78 Å². The van der Waals surface area contributed by atoms with Crippen molar-refractivity contribution in [1.29, 1.82) is 0 Å². The highest BCUT2D eigenvalue weighted by Gasteiger charge is 2.38. The Bertz CT molecular complexity index is 455. The first-order valence-electron chi connectivity index (χ1n) is 7.06. The summed E-state index contributed by atoms with van der Waals surface area (Å²) in [7, 11) is 0. The first kappa shape index (κ1) is 13.0. The summed E-state index contributed by atoms with van der Waals surface area (Å²) in [6.07, 6.45) is 2.43. The van der Waals surface area contributed by atoms with E-state index in [1.54, 1.807) is 6.07 Å². The van der Waals surface area contributed by atoms with Gasteiger partial charge in [0.1, 0.15) is 0 Å². The van der Waals surface area contributed by atoms with E-state index in [0.29, 0.717) is 18.4 Å². The molecule has 3 aliphatic rings. The molecule has 104 valence electrons. The zero-order chi connectivity index (χ0) is 13.4. The van der Waals surface area contributed by atoms with Gasteiger partial charge in [-0.05, 0) is 62.0 Å². The summed E-state index contributed by atoms with van der Waals surface area (Å²) in [4.78, 5) is 2.47. The zero-order valence-electron chi connectivity index (χ0n) is 11.0. The standard InChI is InChI=1S/C15H20F2N2/c16-14-2-1-11(7-15(14)17)12(8-18)13-9-19-5-3-10(13)4-6-19/h1-2,7,10,12-13H,3-6,8-9,18H2. The maximum absolute atomic E-state index is 13.4. The van der Waals surface area contributed by atoms with Crippen molar-refractivity contribution in [2.24, 2.45) is 17.6 Å². The van der Waals surface area contributed by atoms with Crippen molar-refractivity contribution in [3.05, 3.63) is 35.4 Å². The van der Waals surface area contributed by atoms with Gasteiger partial charge in [-0.15, -0.1) is 0 Å². The molecule has 0 aromatic heterocycles. The van der Waals surface area contributed by atoms with E-state index in [9.17, 15) is 8.78 Å². The molecule has 1 aromatic carbocycles. The van der Waals surface area contributed by atoms with E-state index in [4.69, 9.17) is 5.73 Å². The minimum absolute atomic E-state index is 0.142. The van der Waals surface area contributed by atoms with Crippen LogP contribution in [0.1, 0.15) is 24.3 Å². The van der Waals surface area contributed by atoms with Crippen molar-refractivity contribution in [1.82, 2.24) is 4.90 Å². The molecule has 3 aliphatic heterocycles. The van der Waals surface area contributed by atoms with Crippen LogP contribution in [-0.4, -0.2) is 31.1 Å². The molecular weight excluding hydrogens is 246 g/mol. The number of fused-ring (bicyclic) bond motifs is 3. The molecule has 3 fully saturated rings. The highest BCUT2D eigenvalue weighted by atomic mass is 19.2. The van der Waals surface area contributed by atoms with Crippen molar-refractivity contribution in [2.75, 3.05) is 26.2 Å². The number of hydrogen-bond acceptors (Lipinski definition) is 2. The van der Waals surface area contributed by atoms with Gasteiger partial charge in [0.2, 0.25) is 0 Å². The molecule has 2 nitrogen and oxygen atoms in total. The number of rotatable bonds is 3. The summed E-state index contributed by atoms with van der Waals surface area (Å²) in [5, 5.41) is 0. The average Bonchev–Trinajstić information content (AvgIpc) is 2.45. The molecule has 4 heteroatoms. The fourth-order valence-corrected chi connectivity index (χ4v) is 3.77. The molecule has 1 aromatic rings. The number of nitrogens with zero attached hydrogens (tertiary/aromatic N) is 1. The molecule has 0 aliphatic carbocycles. The Balaban J connectivity index is 1.85. The van der Waals surface area contributed by atoms with Gasteiger partial charge in [0.15, 0.2) is 11.6 Å². The molecule has 4 rings (SSSR count). The molecule has 2 N–H and O–H groups in total. The fourth-order valence-electron chi connectivity index (χ4n) is 3.77. The topological polar surface area (TPSA) is 29.3 Å². The third kappa shape index (κ3) is 2.39. The fraction of sp³-hybridized carbons (Fsp3) is 0.600. The third-order valence-corrected chi connectivity index (χ3v) is 4.85. The van der Waals surface area contributed by atoms with Crippen LogP contribution in [0.15, 0.2) is 18.2 Å². The van der Waals surface area contributed by atoms with E-state index < -0.39 is 11.6 Å². The third-order valence-electron chi connectivity index (χ3n) is 4.85. The van der Waals surface area contributed by atoms with Gasteiger partial charge in [-0.1, -0.05) is 6.07 Å². The van der Waals surface area contributed by atoms with Crippen LogP contribution in [0.3, 0.4) is 0 Å². The number of benzene rings is 1. The van der Waals surface area contributed by atoms with Crippen molar-refractivity contribution in [2.45, 2.75) is 18.8 Å². The Morgan fingerprint density at radius 2 is 1.95 bits per heavy atom. The van der Waals surface area contributed by atoms with Gasteiger partial charge in [0, 0.05) is 12.5 Å². The summed E-state index contributed by atoms with van der Waals surface area (Å²) in [5.74, 6) is -0.238. The molecular formula is C15H20F2N2. The van der Waals surface area contributed by atoms with Crippen LogP contribution in [0, 0.1) is 23.5 Å². The lowest BCUT2D eigenvalue weighted by atomic mass is 9.70. The van der Waals surface area contributed by atoms with Gasteiger partial charge < -0.3 is 10.6 Å². The maximum Gasteiger partial charge on any atom is 0.159 e. The Kier molecular flexibility index (Phi) is 3.54. The molecule has 0 saturated carbocycles. The van der Waals surface area contributed by atoms with Gasteiger partial charge in [0.05, 0.1) is 0 Å². The molecule has 3 heterocycles. The minimum Gasteiger partial charge on any atom is -0.330 e. The lowest BCUT2D eigenvalue weighted by molar-refractivity contribution is 0.0378. The van der Waals surface area contributed by atoms with Gasteiger partial charge in [0.25, 0.3) is 0 Å². The van der Waals surface area contributed by atoms with E-state index >= 15 is 0 Å². The number of nitrogens with two attached hydrogens (primary N) is 1. The van der Waals surface area contributed by atoms with E-state index in [1.165, 1.54) is 38.1 Å². The van der Waals surface area contributed by atoms with Gasteiger partial charge in [-0.3, -0.25) is 0 Å². The minimum atomic E-state index is -0.784. The number of piperidine rings is 3. The number of halogens is 2.